The number of methoxy groups -OCH3 is 1. The minimum Gasteiger partial charge on any atom is -0.468 e. The molecule has 2 N–H and O–H groups in total. The number of ether oxygens (including phenoxy) is 1. The first-order chi connectivity index (χ1) is 9.13. The molecule has 3 atom stereocenters. The summed E-state index contributed by atoms with van der Waals surface area (Å²) in [5, 5.41) is 12.3. The molecule has 4 nitrogen and oxygen atoms in total. The summed E-state index contributed by atoms with van der Waals surface area (Å²) in [6, 6.07) is 5.76. The second kappa shape index (κ2) is 6.12. The number of esters is 1. The van der Waals surface area contributed by atoms with Crippen molar-refractivity contribution < 1.29 is 19.0 Å². The van der Waals surface area contributed by atoms with E-state index in [9.17, 15) is 14.3 Å². The van der Waals surface area contributed by atoms with E-state index in [1.165, 1.54) is 19.2 Å². The van der Waals surface area contributed by atoms with Gasteiger partial charge in [0.05, 0.1) is 13.7 Å². The third-order valence-corrected chi connectivity index (χ3v) is 3.55. The number of carbonyl (C=O) groups excluding carboxylic acids is 1. The van der Waals surface area contributed by atoms with Gasteiger partial charge in [0.15, 0.2) is 0 Å². The number of piperidine rings is 1. The monoisotopic (exact) mass is 267 g/mol. The lowest BCUT2D eigenvalue weighted by Gasteiger charge is -2.34. The van der Waals surface area contributed by atoms with E-state index in [0.29, 0.717) is 12.8 Å². The van der Waals surface area contributed by atoms with Crippen molar-refractivity contribution in [1.29, 1.82) is 0 Å². The van der Waals surface area contributed by atoms with Crippen LogP contribution in [0.1, 0.15) is 24.3 Å². The second-order valence-electron chi connectivity index (χ2n) is 4.85. The van der Waals surface area contributed by atoms with Crippen molar-refractivity contribution in [2.75, 3.05) is 13.7 Å². The molecule has 1 heterocycles. The summed E-state index contributed by atoms with van der Waals surface area (Å²) in [5.41, 5.74) is 0.855. The van der Waals surface area contributed by atoms with Gasteiger partial charge in [0, 0.05) is 6.04 Å². The highest BCUT2D eigenvalue weighted by atomic mass is 19.1. The molecule has 1 fully saturated rings. The molecule has 0 radical (unpaired) electrons. The van der Waals surface area contributed by atoms with E-state index in [0.717, 1.165) is 5.56 Å². The van der Waals surface area contributed by atoms with Crippen LogP contribution in [0.3, 0.4) is 0 Å². The minimum atomic E-state index is -0.454. The summed E-state index contributed by atoms with van der Waals surface area (Å²) >= 11 is 0. The Morgan fingerprint density at radius 1 is 1.53 bits per heavy atom. The number of nitrogens with one attached hydrogen (secondary N) is 1. The summed E-state index contributed by atoms with van der Waals surface area (Å²) in [4.78, 5) is 11.6. The molecule has 2 rings (SSSR count). The number of carbonyl (C=O) groups is 1. The molecule has 5 heteroatoms. The van der Waals surface area contributed by atoms with Gasteiger partial charge in [-0.3, -0.25) is 10.1 Å². The first-order valence-electron chi connectivity index (χ1n) is 6.34. The van der Waals surface area contributed by atoms with Crippen LogP contribution in [0.15, 0.2) is 24.3 Å². The Bertz CT molecular complexity index is 452. The Hall–Kier alpha value is -1.46. The lowest BCUT2D eigenvalue weighted by molar-refractivity contribution is -0.144. The van der Waals surface area contributed by atoms with Gasteiger partial charge in [-0.2, -0.15) is 0 Å². The molecule has 0 amide bonds. The van der Waals surface area contributed by atoms with Crippen molar-refractivity contribution in [3.8, 4) is 0 Å². The van der Waals surface area contributed by atoms with Gasteiger partial charge in [0.1, 0.15) is 11.9 Å². The number of aliphatic hydroxyl groups excluding tert-OH is 1. The Kier molecular flexibility index (Phi) is 4.50. The fourth-order valence-corrected chi connectivity index (χ4v) is 2.61. The Morgan fingerprint density at radius 2 is 2.32 bits per heavy atom. The number of hydrogen-bond acceptors (Lipinski definition) is 4. The summed E-state index contributed by atoms with van der Waals surface area (Å²) in [6.07, 6.45) is 1.22. The molecule has 1 aromatic carbocycles. The SMILES string of the molecule is COC(=O)C1CC(c2cccc(F)c2)CC(CO)N1. The Morgan fingerprint density at radius 3 is 2.95 bits per heavy atom. The number of benzene rings is 1. The minimum absolute atomic E-state index is 0.0400. The van der Waals surface area contributed by atoms with Gasteiger partial charge in [-0.25, -0.2) is 4.39 Å². The predicted octanol–water partition coefficient (Wildman–Crippen LogP) is 1.20. The largest absolute Gasteiger partial charge is 0.468 e. The molecular weight excluding hydrogens is 249 g/mol. The highest BCUT2D eigenvalue weighted by Gasteiger charge is 2.33. The third-order valence-electron chi connectivity index (χ3n) is 3.55. The van der Waals surface area contributed by atoms with Gasteiger partial charge in [-0.05, 0) is 36.5 Å². The summed E-state index contributed by atoms with van der Waals surface area (Å²) in [7, 11) is 1.34. The highest BCUT2D eigenvalue weighted by molar-refractivity contribution is 5.76. The first-order valence-corrected chi connectivity index (χ1v) is 6.34. The maximum Gasteiger partial charge on any atom is 0.322 e. The molecule has 0 bridgehead atoms. The normalized spacial score (nSPS) is 27.0. The molecule has 19 heavy (non-hydrogen) atoms. The van der Waals surface area contributed by atoms with Crippen LogP contribution in [0.2, 0.25) is 0 Å². The molecule has 1 aliphatic heterocycles. The molecule has 1 aliphatic rings. The van der Waals surface area contributed by atoms with Gasteiger partial charge < -0.3 is 9.84 Å². The fraction of sp³-hybridized carbons (Fsp3) is 0.500. The van der Waals surface area contributed by atoms with Crippen LogP contribution in [-0.2, 0) is 9.53 Å². The van der Waals surface area contributed by atoms with Crippen LogP contribution < -0.4 is 5.32 Å². The Labute approximate surface area is 111 Å². The van der Waals surface area contributed by atoms with Gasteiger partial charge in [-0.1, -0.05) is 12.1 Å². The average molecular weight is 267 g/mol. The first kappa shape index (κ1) is 14.0. The molecule has 1 aromatic rings. The quantitative estimate of drug-likeness (QED) is 0.808. The predicted molar refractivity (Wildman–Crippen MR) is 68.2 cm³/mol. The maximum atomic E-state index is 13.3. The summed E-state index contributed by atoms with van der Waals surface area (Å²) < 4.78 is 18.0. The van der Waals surface area contributed by atoms with Crippen LogP contribution in [0.5, 0.6) is 0 Å². The van der Waals surface area contributed by atoms with Crippen molar-refractivity contribution in [3.05, 3.63) is 35.6 Å². The van der Waals surface area contributed by atoms with Gasteiger partial charge in [-0.15, -0.1) is 0 Å². The molecule has 1 saturated heterocycles. The summed E-state index contributed by atoms with van der Waals surface area (Å²) in [5.74, 6) is -0.594. The number of halogens is 1. The van der Waals surface area contributed by atoms with Crippen LogP contribution in [0, 0.1) is 5.82 Å². The molecule has 0 aliphatic carbocycles. The van der Waals surface area contributed by atoms with Crippen LogP contribution in [0.4, 0.5) is 4.39 Å². The van der Waals surface area contributed by atoms with Crippen LogP contribution >= 0.6 is 0 Å². The standard InChI is InChI=1S/C14H18FNO3/c1-19-14(18)13-7-10(6-12(8-17)16-13)9-3-2-4-11(15)5-9/h2-5,10,12-13,16-17H,6-8H2,1H3. The zero-order chi connectivity index (χ0) is 13.8. The van der Waals surface area contributed by atoms with Crippen molar-refractivity contribution in [3.63, 3.8) is 0 Å². The van der Waals surface area contributed by atoms with E-state index in [1.54, 1.807) is 6.07 Å². The van der Waals surface area contributed by atoms with Crippen LogP contribution in [-0.4, -0.2) is 36.9 Å². The van der Waals surface area contributed by atoms with Gasteiger partial charge >= 0.3 is 5.97 Å². The summed E-state index contributed by atoms with van der Waals surface area (Å²) in [6.45, 7) is -0.0562. The van der Waals surface area contributed by atoms with Crippen molar-refractivity contribution >= 4 is 5.97 Å². The van der Waals surface area contributed by atoms with Crippen molar-refractivity contribution in [1.82, 2.24) is 5.32 Å². The molecular formula is C14H18FNO3. The smallest absolute Gasteiger partial charge is 0.322 e. The number of hydrogen-bond donors (Lipinski definition) is 2. The highest BCUT2D eigenvalue weighted by Crippen LogP contribution is 2.31. The molecule has 3 unspecified atom stereocenters. The topological polar surface area (TPSA) is 58.6 Å². The lowest BCUT2D eigenvalue weighted by Crippen LogP contribution is -2.50. The van der Waals surface area contributed by atoms with E-state index in [2.05, 4.69) is 5.32 Å². The van der Waals surface area contributed by atoms with Gasteiger partial charge in [0.2, 0.25) is 0 Å². The molecule has 0 spiro atoms. The molecule has 0 aromatic heterocycles. The van der Waals surface area contributed by atoms with Crippen molar-refractivity contribution in [2.24, 2.45) is 0 Å². The second-order valence-corrected chi connectivity index (χ2v) is 4.85. The Balaban J connectivity index is 2.17. The maximum absolute atomic E-state index is 13.3. The van der Waals surface area contributed by atoms with E-state index < -0.39 is 6.04 Å². The third kappa shape index (κ3) is 3.30. The average Bonchev–Trinajstić information content (AvgIpc) is 2.45. The molecule has 104 valence electrons. The van der Waals surface area contributed by atoms with Crippen LogP contribution in [0.25, 0.3) is 0 Å². The number of aliphatic hydroxyl groups is 1. The fourth-order valence-electron chi connectivity index (χ4n) is 2.61. The zero-order valence-electron chi connectivity index (χ0n) is 10.8. The van der Waals surface area contributed by atoms with E-state index in [4.69, 9.17) is 4.74 Å². The van der Waals surface area contributed by atoms with E-state index in [1.807, 2.05) is 6.07 Å². The van der Waals surface area contributed by atoms with Crippen molar-refractivity contribution in [2.45, 2.75) is 30.8 Å². The molecule has 0 saturated carbocycles. The van der Waals surface area contributed by atoms with E-state index >= 15 is 0 Å². The van der Waals surface area contributed by atoms with Gasteiger partial charge in [0.25, 0.3) is 0 Å². The zero-order valence-corrected chi connectivity index (χ0v) is 10.8. The van der Waals surface area contributed by atoms with E-state index in [-0.39, 0.29) is 30.4 Å². The number of rotatable bonds is 3. The lowest BCUT2D eigenvalue weighted by atomic mass is 9.83.